The Balaban J connectivity index is 0.746. The van der Waals surface area contributed by atoms with E-state index in [2.05, 4.69) is 41.7 Å². The molecule has 1 unspecified atom stereocenters. The molecular weight excluding hydrogens is 814 g/mol. The van der Waals surface area contributed by atoms with Gasteiger partial charge in [0.05, 0.1) is 18.4 Å². The number of carbonyl (C=O) groups excluding carboxylic acids is 5. The van der Waals surface area contributed by atoms with E-state index >= 15 is 0 Å². The summed E-state index contributed by atoms with van der Waals surface area (Å²) in [5.74, 6) is 0.683. The Morgan fingerprint density at radius 1 is 0.968 bits per heavy atom. The van der Waals surface area contributed by atoms with Crippen LogP contribution < -0.4 is 30.7 Å². The average Bonchev–Trinajstić information content (AvgIpc) is 3.58. The fourth-order valence-electron chi connectivity index (χ4n) is 10.2. The molecule has 3 aromatic rings. The number of carbonyl (C=O) groups is 5. The standard InChI is InChI=1S/C44H54ClN11O6/c1-27(2)56-35-7-4-31(18-30(35)25-55(43(56)61)62-26-38(58)46-3)48-39-34(45)22-47-42(50-39)53-16-14-51(15-17-53)23-28-20-44(21-28)10-12-52(13-11-44)32-5-6-33-29(19-32)24-54(41(33)60)36-8-9-37(57)49-40(36)59/h4-7,18-19,22,27-28,36H,8-17,20-21,23-26H2,1-3H3,(H,46,58)(H,47,48,50)(H,49,57,59). The number of aromatic nitrogens is 2. The van der Waals surface area contributed by atoms with Crippen LogP contribution in [0, 0.1) is 11.3 Å². The van der Waals surface area contributed by atoms with Gasteiger partial charge in [-0.3, -0.25) is 39.1 Å². The third kappa shape index (κ3) is 8.24. The lowest BCUT2D eigenvalue weighted by Crippen LogP contribution is -2.53. The molecule has 0 bridgehead atoms. The third-order valence-electron chi connectivity index (χ3n) is 13.5. The average molecular weight is 868 g/mol. The maximum atomic E-state index is 13.2. The Hall–Kier alpha value is -5.52. The van der Waals surface area contributed by atoms with E-state index in [0.29, 0.717) is 46.7 Å². The summed E-state index contributed by atoms with van der Waals surface area (Å²) < 4.78 is 0. The third-order valence-corrected chi connectivity index (χ3v) is 13.8. The smallest absolute Gasteiger partial charge is 0.348 e. The zero-order valence-electron chi connectivity index (χ0n) is 35.5. The van der Waals surface area contributed by atoms with E-state index in [1.807, 2.05) is 44.2 Å². The number of urea groups is 1. The van der Waals surface area contributed by atoms with Crippen LogP contribution in [0.4, 0.5) is 33.6 Å². The predicted molar refractivity (Wildman–Crippen MR) is 233 cm³/mol. The molecule has 6 amide bonds. The fraction of sp³-hybridized carbons (Fsp3) is 0.523. The molecule has 62 heavy (non-hydrogen) atoms. The summed E-state index contributed by atoms with van der Waals surface area (Å²) in [5, 5.41) is 9.87. The van der Waals surface area contributed by atoms with Crippen molar-refractivity contribution in [3.05, 3.63) is 64.3 Å². The molecular formula is C44H54ClN11O6. The molecule has 4 fully saturated rings. The van der Waals surface area contributed by atoms with Crippen LogP contribution >= 0.6 is 11.6 Å². The lowest BCUT2D eigenvalue weighted by molar-refractivity contribution is -0.151. The number of benzene rings is 2. The van der Waals surface area contributed by atoms with Crippen LogP contribution in [0.1, 0.15) is 73.9 Å². The summed E-state index contributed by atoms with van der Waals surface area (Å²) in [6.45, 7) is 10.7. The first kappa shape index (κ1) is 41.8. The highest BCUT2D eigenvalue weighted by Crippen LogP contribution is 2.53. The number of nitrogens with one attached hydrogen (secondary N) is 3. The number of nitrogens with zero attached hydrogens (tertiary/aromatic N) is 8. The minimum absolute atomic E-state index is 0.134. The second-order valence-corrected chi connectivity index (χ2v) is 18.3. The van der Waals surface area contributed by atoms with Crippen LogP contribution in [-0.4, -0.2) is 126 Å². The van der Waals surface area contributed by atoms with Crippen molar-refractivity contribution in [1.82, 2.24) is 35.5 Å². The number of amides is 6. The van der Waals surface area contributed by atoms with Gasteiger partial charge >= 0.3 is 6.03 Å². The molecule has 1 saturated carbocycles. The van der Waals surface area contributed by atoms with Gasteiger partial charge in [0, 0.05) is 94.4 Å². The van der Waals surface area contributed by atoms with Crippen molar-refractivity contribution in [3.63, 3.8) is 0 Å². The molecule has 3 saturated heterocycles. The van der Waals surface area contributed by atoms with Gasteiger partial charge in [-0.2, -0.15) is 10.0 Å². The van der Waals surface area contributed by atoms with Crippen molar-refractivity contribution in [2.75, 3.05) is 79.5 Å². The molecule has 2 aromatic carbocycles. The van der Waals surface area contributed by atoms with Crippen molar-refractivity contribution in [1.29, 1.82) is 0 Å². The normalized spacial score (nSPS) is 21.6. The molecule has 1 aliphatic carbocycles. The van der Waals surface area contributed by atoms with E-state index < -0.39 is 6.04 Å². The largest absolute Gasteiger partial charge is 0.371 e. The Labute approximate surface area is 366 Å². The quantitative estimate of drug-likeness (QED) is 0.234. The number of fused-ring (bicyclic) bond motifs is 2. The number of likely N-dealkylation sites (N-methyl/N-ethyl adjacent to an activating group) is 1. The highest BCUT2D eigenvalue weighted by Gasteiger charge is 2.46. The van der Waals surface area contributed by atoms with E-state index in [9.17, 15) is 24.0 Å². The first-order valence-electron chi connectivity index (χ1n) is 21.7. The van der Waals surface area contributed by atoms with Gasteiger partial charge in [0.2, 0.25) is 23.7 Å². The van der Waals surface area contributed by atoms with E-state index in [1.54, 1.807) is 16.0 Å². The van der Waals surface area contributed by atoms with Gasteiger partial charge in [-0.1, -0.05) is 11.6 Å². The molecule has 1 aromatic heterocycles. The summed E-state index contributed by atoms with van der Waals surface area (Å²) in [4.78, 5) is 87.9. The van der Waals surface area contributed by atoms with Crippen LogP contribution in [0.2, 0.25) is 5.02 Å². The van der Waals surface area contributed by atoms with Gasteiger partial charge in [0.15, 0.2) is 12.4 Å². The second kappa shape index (κ2) is 17.0. The van der Waals surface area contributed by atoms with Crippen LogP contribution in [0.25, 0.3) is 0 Å². The molecule has 17 nitrogen and oxygen atoms in total. The molecule has 6 heterocycles. The van der Waals surface area contributed by atoms with E-state index in [1.165, 1.54) is 25.0 Å². The SMILES string of the molecule is CNC(=O)CON1Cc2cc(Nc3nc(N4CCN(CC5CC6(CCN(c7ccc8c(c7)CN(C7CCC(=O)NC7=O)C8=O)CC6)C5)CC4)ncc3Cl)ccc2N(C(C)C)C1=O. The van der Waals surface area contributed by atoms with Crippen molar-refractivity contribution >= 4 is 70.1 Å². The molecule has 3 N–H and O–H groups in total. The van der Waals surface area contributed by atoms with Gasteiger partial charge in [0.1, 0.15) is 11.1 Å². The highest BCUT2D eigenvalue weighted by atomic mass is 35.5. The van der Waals surface area contributed by atoms with Gasteiger partial charge in [-0.15, -0.1) is 0 Å². The highest BCUT2D eigenvalue weighted by molar-refractivity contribution is 6.33. The first-order valence-corrected chi connectivity index (χ1v) is 22.1. The number of hydroxylamine groups is 2. The van der Waals surface area contributed by atoms with E-state index in [0.717, 1.165) is 86.8 Å². The van der Waals surface area contributed by atoms with Crippen molar-refractivity contribution in [3.8, 4) is 0 Å². The van der Waals surface area contributed by atoms with Crippen molar-refractivity contribution in [2.24, 2.45) is 11.3 Å². The summed E-state index contributed by atoms with van der Waals surface area (Å²) >= 11 is 6.62. The number of piperazine rings is 1. The van der Waals surface area contributed by atoms with E-state index in [4.69, 9.17) is 21.4 Å². The molecule has 328 valence electrons. The Kier molecular flexibility index (Phi) is 11.5. The predicted octanol–water partition coefficient (Wildman–Crippen LogP) is 4.28. The fourth-order valence-corrected chi connectivity index (χ4v) is 10.3. The number of hydrogen-bond donors (Lipinski definition) is 3. The Bertz CT molecular complexity index is 2270. The minimum atomic E-state index is -0.601. The molecule has 9 rings (SSSR count). The van der Waals surface area contributed by atoms with Gasteiger partial charge in [-0.25, -0.2) is 9.78 Å². The van der Waals surface area contributed by atoms with E-state index in [-0.39, 0.29) is 55.3 Å². The number of imide groups is 1. The van der Waals surface area contributed by atoms with Crippen LogP contribution in [0.15, 0.2) is 42.6 Å². The van der Waals surface area contributed by atoms with Gasteiger partial charge in [0.25, 0.3) is 5.91 Å². The Morgan fingerprint density at radius 3 is 2.47 bits per heavy atom. The van der Waals surface area contributed by atoms with Crippen molar-refractivity contribution in [2.45, 2.75) is 77.5 Å². The van der Waals surface area contributed by atoms with Gasteiger partial charge < -0.3 is 25.3 Å². The zero-order valence-corrected chi connectivity index (χ0v) is 36.2. The lowest BCUT2D eigenvalue weighted by atomic mass is 9.57. The molecule has 18 heteroatoms. The minimum Gasteiger partial charge on any atom is -0.371 e. The maximum Gasteiger partial charge on any atom is 0.348 e. The molecule has 5 aliphatic heterocycles. The van der Waals surface area contributed by atoms with Crippen LogP contribution in [-0.2, 0) is 32.3 Å². The molecule has 0 radical (unpaired) electrons. The number of piperidine rings is 2. The van der Waals surface area contributed by atoms with Crippen LogP contribution in [0.5, 0.6) is 0 Å². The number of halogens is 1. The monoisotopic (exact) mass is 867 g/mol. The Morgan fingerprint density at radius 2 is 1.74 bits per heavy atom. The summed E-state index contributed by atoms with van der Waals surface area (Å²) in [5.41, 5.74) is 5.51. The lowest BCUT2D eigenvalue weighted by Gasteiger charge is -2.54. The molecule has 1 spiro atoms. The summed E-state index contributed by atoms with van der Waals surface area (Å²) in [6.07, 6.45) is 7.08. The first-order chi connectivity index (χ1) is 29.9. The second-order valence-electron chi connectivity index (χ2n) is 17.9. The number of rotatable bonds is 11. The van der Waals surface area contributed by atoms with Crippen molar-refractivity contribution < 1.29 is 28.8 Å². The summed E-state index contributed by atoms with van der Waals surface area (Å²) in [7, 11) is 1.52. The zero-order chi connectivity index (χ0) is 43.3. The maximum absolute atomic E-state index is 13.2. The van der Waals surface area contributed by atoms with Crippen LogP contribution in [0.3, 0.4) is 0 Å². The summed E-state index contributed by atoms with van der Waals surface area (Å²) in [6, 6.07) is 10.7. The topological polar surface area (TPSA) is 176 Å². The number of anilines is 5. The molecule has 1 atom stereocenters. The van der Waals surface area contributed by atoms with Gasteiger partial charge in [-0.05, 0) is 99.2 Å². The molecule has 6 aliphatic rings. The number of hydrogen-bond acceptors (Lipinski definition) is 12.